The van der Waals surface area contributed by atoms with Crippen LogP contribution in [-0.4, -0.2) is 18.0 Å². The van der Waals surface area contributed by atoms with Gasteiger partial charge in [-0.25, -0.2) is 0 Å². The Morgan fingerprint density at radius 3 is 1.02 bits per heavy atom. The molecule has 9 nitrogen and oxygen atoms in total. The number of benzene rings is 8. The summed E-state index contributed by atoms with van der Waals surface area (Å²) in [4.78, 5) is 4.01. The van der Waals surface area contributed by atoms with Crippen LogP contribution in [0.3, 0.4) is 0 Å². The van der Waals surface area contributed by atoms with Crippen LogP contribution in [0.25, 0.3) is 0 Å². The fraction of sp³-hybridized carbons (Fsp3) is 0.217. The maximum absolute atomic E-state index is 13.6. The molecule has 0 bridgehead atoms. The third-order valence-electron chi connectivity index (χ3n) is 14.2. The SMILES string of the molecule is CC(C)(C)c1cc[c-]c([N+]2=C=Nc3c(C#N)cc(C(F)(F)F)cc32)c1.CC(C)(C)c1cc[c-]c([N+]2=C=[N+](c3ccccc3)c3c(C#N)cc(C(F)(F)F)cc32)c1.CC(C)(C)c1cc[c-]c([N+]2=C=[N+](c3ccccc3)c3c(C#N)cc(C(F)(F)F)cc32)c1.[Ir+3]. The van der Waals surface area contributed by atoms with Gasteiger partial charge in [0.15, 0.2) is 5.69 Å². The zero-order valence-electron chi connectivity index (χ0n) is 48.7. The standard InChI is InChI=1S/2C25H19F3N3.C19H14F3N3.Ir/c2*1-24(2,3)18-8-7-11-21(13-18)30-16-31(20-9-5-4-6-10-20)23-17(15-29)12-19(14-22(23)30)25(26,27)28;1-18(2,3)13-5-4-6-15(8-13)25-11-24-17-12(10-23)7-14(9-16(17)25)19(20,21)22;/h2*4-10,12-14H,1-3H3;4-5,7-9H,1-3H3;/q2*+1;;+3. The molecule has 0 saturated carbocycles. The first-order chi connectivity index (χ1) is 40.8. The van der Waals surface area contributed by atoms with Gasteiger partial charge >= 0.3 is 68.0 Å². The van der Waals surface area contributed by atoms with Gasteiger partial charge in [0.05, 0.1) is 16.7 Å². The van der Waals surface area contributed by atoms with Gasteiger partial charge in [0.25, 0.3) is 17.1 Å². The second kappa shape index (κ2) is 24.3. The predicted octanol–water partition coefficient (Wildman–Crippen LogP) is 18.4. The van der Waals surface area contributed by atoms with E-state index in [-0.39, 0.29) is 75.8 Å². The Bertz CT molecular complexity index is 4240. The average Bonchev–Trinajstić information content (AvgIpc) is 2.29. The van der Waals surface area contributed by atoms with Crippen molar-refractivity contribution in [3.05, 3.63) is 220 Å². The first-order valence-corrected chi connectivity index (χ1v) is 26.9. The predicted molar refractivity (Wildman–Crippen MR) is 318 cm³/mol. The molecule has 8 aromatic rings. The number of halogens is 9. The Hall–Kier alpha value is -9.61. The van der Waals surface area contributed by atoms with Crippen molar-refractivity contribution >= 4 is 80.6 Å². The average molecular weight is 1370 g/mol. The van der Waals surface area contributed by atoms with E-state index < -0.39 is 35.2 Å². The van der Waals surface area contributed by atoms with Gasteiger partial charge in [-0.3, -0.25) is 0 Å². The molecule has 0 aliphatic carbocycles. The van der Waals surface area contributed by atoms with Crippen molar-refractivity contribution in [2.24, 2.45) is 4.99 Å². The summed E-state index contributed by atoms with van der Waals surface area (Å²) in [6, 6.07) is 64.3. The van der Waals surface area contributed by atoms with Gasteiger partial charge in [0, 0.05) is 53.1 Å². The Labute approximate surface area is 516 Å². The van der Waals surface area contributed by atoms with Crippen molar-refractivity contribution in [1.29, 1.82) is 15.8 Å². The van der Waals surface area contributed by atoms with E-state index in [9.17, 15) is 50.0 Å². The fourth-order valence-corrected chi connectivity index (χ4v) is 9.49. The first-order valence-electron chi connectivity index (χ1n) is 26.9. The summed E-state index contributed by atoms with van der Waals surface area (Å²) in [7, 11) is 0. The number of alkyl halides is 9. The molecule has 0 fully saturated rings. The molecule has 0 amide bonds. The normalized spacial score (nSPS) is 13.2. The van der Waals surface area contributed by atoms with E-state index in [4.69, 9.17) is 5.26 Å². The molecule has 0 saturated heterocycles. The molecule has 0 spiro atoms. The summed E-state index contributed by atoms with van der Waals surface area (Å²) in [6.07, 6.45) is -13.7. The molecular formula is C69H52F9IrN9+5. The zero-order chi connectivity index (χ0) is 63.2. The summed E-state index contributed by atoms with van der Waals surface area (Å²) in [5, 5.41) is 28.5. The van der Waals surface area contributed by atoms with Crippen LogP contribution in [-0.2, 0) is 54.9 Å². The van der Waals surface area contributed by atoms with Gasteiger partial charge in [0.2, 0.25) is 11.4 Å². The van der Waals surface area contributed by atoms with E-state index in [1.54, 1.807) is 33.4 Å². The zero-order valence-corrected chi connectivity index (χ0v) is 51.1. The molecule has 0 aromatic heterocycles. The number of nitriles is 3. The number of nitrogens with zero attached hydrogens (tertiary/aromatic N) is 9. The molecule has 3 aliphatic heterocycles. The molecule has 3 aliphatic rings. The summed E-state index contributed by atoms with van der Waals surface area (Å²) in [5.74, 6) is 0. The maximum atomic E-state index is 13.6. The van der Waals surface area contributed by atoms with Crippen LogP contribution >= 0.6 is 0 Å². The number of fused-ring (bicyclic) bond motifs is 3. The maximum Gasteiger partial charge on any atom is 3.00 e. The van der Waals surface area contributed by atoms with Gasteiger partial charge in [-0.1, -0.05) is 120 Å². The summed E-state index contributed by atoms with van der Waals surface area (Å²) in [5.41, 5.74) is 4.21. The van der Waals surface area contributed by atoms with Gasteiger partial charge in [-0.05, 0) is 43.6 Å². The molecule has 3 heterocycles. The molecule has 0 radical (unpaired) electrons. The van der Waals surface area contributed by atoms with Crippen molar-refractivity contribution in [2.75, 3.05) is 0 Å². The smallest absolute Gasteiger partial charge is 0.192 e. The third-order valence-corrected chi connectivity index (χ3v) is 14.2. The van der Waals surface area contributed by atoms with Crippen LogP contribution in [0, 0.1) is 52.2 Å². The van der Waals surface area contributed by atoms with Crippen LogP contribution in [0.1, 0.15) is 112 Å². The number of aliphatic imine (C=N–C) groups is 1. The second-order valence-electron chi connectivity index (χ2n) is 23.4. The summed E-state index contributed by atoms with van der Waals surface area (Å²) in [6.45, 7) is 18.5. The minimum atomic E-state index is -4.58. The Morgan fingerprint density at radius 2 is 0.705 bits per heavy atom. The van der Waals surface area contributed by atoms with E-state index >= 15 is 0 Å². The molecular weight excluding hydrogens is 1320 g/mol. The van der Waals surface area contributed by atoms with Crippen LogP contribution in [0.2, 0.25) is 0 Å². The van der Waals surface area contributed by atoms with E-state index in [0.717, 1.165) is 53.1 Å². The van der Waals surface area contributed by atoms with Gasteiger partial charge in [0.1, 0.15) is 46.3 Å². The summed E-state index contributed by atoms with van der Waals surface area (Å²) < 4.78 is 129. The van der Waals surface area contributed by atoms with E-state index in [0.29, 0.717) is 39.8 Å². The van der Waals surface area contributed by atoms with E-state index in [1.807, 2.05) is 130 Å². The van der Waals surface area contributed by atoms with Crippen molar-refractivity contribution < 1.29 is 59.6 Å². The quantitative estimate of drug-likeness (QED) is 0.0975. The molecule has 11 rings (SSSR count). The van der Waals surface area contributed by atoms with Crippen LogP contribution in [0.5, 0.6) is 0 Å². The van der Waals surface area contributed by atoms with E-state index in [2.05, 4.69) is 82.8 Å². The molecule has 0 atom stereocenters. The first kappa shape index (κ1) is 64.4. The topological polar surface area (TPSA) is 98.8 Å². The Balaban J connectivity index is 0.000000171. The fourth-order valence-electron chi connectivity index (χ4n) is 9.49. The van der Waals surface area contributed by atoms with E-state index in [1.165, 1.54) is 13.7 Å². The van der Waals surface area contributed by atoms with Gasteiger partial charge < -0.3 is 0 Å². The van der Waals surface area contributed by atoms with Crippen molar-refractivity contribution in [3.63, 3.8) is 0 Å². The van der Waals surface area contributed by atoms with Crippen molar-refractivity contribution in [1.82, 2.24) is 22.9 Å². The second-order valence-corrected chi connectivity index (χ2v) is 23.4. The molecule has 440 valence electrons. The minimum Gasteiger partial charge on any atom is -0.192 e. The Kier molecular flexibility index (Phi) is 17.8. The monoisotopic (exact) mass is 1370 g/mol. The largest absolute Gasteiger partial charge is 3.00 e. The molecule has 19 heteroatoms. The van der Waals surface area contributed by atoms with Crippen LogP contribution in [0.4, 0.5) is 102 Å². The van der Waals surface area contributed by atoms with Crippen molar-refractivity contribution in [3.8, 4) is 18.2 Å². The number of hydrogen-bond acceptors (Lipinski definition) is 4. The summed E-state index contributed by atoms with van der Waals surface area (Å²) >= 11 is 0. The van der Waals surface area contributed by atoms with Crippen molar-refractivity contribution in [2.45, 2.75) is 97.1 Å². The minimum absolute atomic E-state index is 0. The molecule has 0 N–H and O–H groups in total. The van der Waals surface area contributed by atoms with Crippen LogP contribution in [0.15, 0.2) is 157 Å². The molecule has 8 aromatic carbocycles. The number of para-hydroxylation sites is 2. The van der Waals surface area contributed by atoms with Crippen LogP contribution < -0.4 is 22.9 Å². The van der Waals surface area contributed by atoms with Gasteiger partial charge in [-0.15, -0.1) is 41.0 Å². The van der Waals surface area contributed by atoms with Gasteiger partial charge in [-0.2, -0.15) is 96.3 Å². The molecule has 88 heavy (non-hydrogen) atoms. The number of rotatable bonds is 5. The molecule has 0 unspecified atom stereocenters. The number of hydrogen-bond donors (Lipinski definition) is 0. The Morgan fingerprint density at radius 1 is 0.386 bits per heavy atom. The third kappa shape index (κ3) is 13.5.